The van der Waals surface area contributed by atoms with Crippen LogP contribution < -0.4 is 5.32 Å². The second-order valence-electron chi connectivity index (χ2n) is 6.98. The van der Waals surface area contributed by atoms with Crippen LogP contribution in [0, 0.1) is 11.8 Å². The lowest BCUT2D eigenvalue weighted by Gasteiger charge is -2.17. The van der Waals surface area contributed by atoms with Gasteiger partial charge in [-0.05, 0) is 30.9 Å². The fourth-order valence-electron chi connectivity index (χ4n) is 3.03. The topological polar surface area (TPSA) is 78.1 Å². The van der Waals surface area contributed by atoms with Gasteiger partial charge >= 0.3 is 0 Å². The third-order valence-corrected chi connectivity index (χ3v) is 4.86. The van der Waals surface area contributed by atoms with E-state index in [0.29, 0.717) is 25.4 Å². The van der Waals surface area contributed by atoms with Crippen molar-refractivity contribution in [1.82, 2.24) is 20.2 Å². The van der Waals surface area contributed by atoms with Crippen LogP contribution in [0.1, 0.15) is 32.0 Å². The lowest BCUT2D eigenvalue weighted by molar-refractivity contribution is -0.130. The van der Waals surface area contributed by atoms with Gasteiger partial charge in [0.15, 0.2) is 0 Å². The number of aromatic amines is 1. The Hall–Kier alpha value is -2.37. The molecule has 0 bridgehead atoms. The van der Waals surface area contributed by atoms with Crippen LogP contribution in [0.2, 0.25) is 0 Å². The Morgan fingerprint density at radius 2 is 2.12 bits per heavy atom. The molecule has 1 fully saturated rings. The number of hydrogen-bond donors (Lipinski definition) is 2. The van der Waals surface area contributed by atoms with E-state index in [2.05, 4.69) is 22.2 Å². The molecule has 0 spiro atoms. The molecular weight excluding hydrogens is 316 g/mol. The maximum atomic E-state index is 12.1. The van der Waals surface area contributed by atoms with Crippen molar-refractivity contribution in [2.75, 3.05) is 20.1 Å². The SMILES string of the molecule is C[C@@H]1C[C@H]1C(=O)NCCC(=O)N(C)CCCc1nc2ccccc2[nH]1. The van der Waals surface area contributed by atoms with E-state index >= 15 is 0 Å². The minimum absolute atomic E-state index is 0.0637. The van der Waals surface area contributed by atoms with Crippen LogP contribution in [0.5, 0.6) is 0 Å². The molecule has 1 aromatic heterocycles. The molecule has 6 nitrogen and oxygen atoms in total. The van der Waals surface area contributed by atoms with E-state index in [1.165, 1.54) is 0 Å². The summed E-state index contributed by atoms with van der Waals surface area (Å²) in [6.07, 6.45) is 2.99. The van der Waals surface area contributed by atoms with E-state index in [-0.39, 0.29) is 17.7 Å². The summed E-state index contributed by atoms with van der Waals surface area (Å²) in [7, 11) is 1.81. The molecule has 134 valence electrons. The Bertz CT molecular complexity index is 722. The number of hydrogen-bond acceptors (Lipinski definition) is 3. The van der Waals surface area contributed by atoms with Crippen LogP contribution in [0.4, 0.5) is 0 Å². The zero-order valence-corrected chi connectivity index (χ0v) is 14.9. The molecule has 2 amide bonds. The molecule has 6 heteroatoms. The molecule has 0 saturated heterocycles. The zero-order chi connectivity index (χ0) is 17.8. The summed E-state index contributed by atoms with van der Waals surface area (Å²) in [5.41, 5.74) is 2.02. The Morgan fingerprint density at radius 1 is 1.36 bits per heavy atom. The average molecular weight is 342 g/mol. The molecule has 1 aliphatic rings. The number of aromatic nitrogens is 2. The van der Waals surface area contributed by atoms with Crippen LogP contribution >= 0.6 is 0 Å². The van der Waals surface area contributed by atoms with E-state index in [1.807, 2.05) is 31.3 Å². The predicted octanol–water partition coefficient (Wildman–Crippen LogP) is 2.12. The van der Waals surface area contributed by atoms with Gasteiger partial charge in [-0.3, -0.25) is 9.59 Å². The van der Waals surface area contributed by atoms with Crippen molar-refractivity contribution in [3.05, 3.63) is 30.1 Å². The fourth-order valence-corrected chi connectivity index (χ4v) is 3.03. The smallest absolute Gasteiger partial charge is 0.224 e. The van der Waals surface area contributed by atoms with Crippen LogP contribution in [0.15, 0.2) is 24.3 Å². The quantitative estimate of drug-likeness (QED) is 0.771. The lowest BCUT2D eigenvalue weighted by atomic mass is 10.2. The van der Waals surface area contributed by atoms with Crippen LogP contribution in [0.3, 0.4) is 0 Å². The number of rotatable bonds is 8. The molecule has 2 N–H and O–H groups in total. The summed E-state index contributed by atoms with van der Waals surface area (Å²) >= 11 is 0. The van der Waals surface area contributed by atoms with Gasteiger partial charge in [-0.25, -0.2) is 4.98 Å². The van der Waals surface area contributed by atoms with Gasteiger partial charge in [-0.15, -0.1) is 0 Å². The highest BCUT2D eigenvalue weighted by Gasteiger charge is 2.38. The zero-order valence-electron chi connectivity index (χ0n) is 14.9. The number of nitrogens with zero attached hydrogens (tertiary/aromatic N) is 2. The number of carbonyl (C=O) groups excluding carboxylic acids is 2. The molecule has 3 rings (SSSR count). The number of amides is 2. The van der Waals surface area contributed by atoms with Crippen molar-refractivity contribution in [2.45, 2.75) is 32.6 Å². The number of fused-ring (bicyclic) bond motifs is 1. The normalized spacial score (nSPS) is 19.0. The molecule has 25 heavy (non-hydrogen) atoms. The van der Waals surface area contributed by atoms with Crippen molar-refractivity contribution in [2.24, 2.45) is 11.8 Å². The minimum atomic E-state index is 0.0637. The number of imidazole rings is 1. The Labute approximate surface area is 148 Å². The number of H-pyrrole nitrogens is 1. The fraction of sp³-hybridized carbons (Fsp3) is 0.526. The maximum Gasteiger partial charge on any atom is 0.224 e. The first-order valence-corrected chi connectivity index (χ1v) is 9.00. The average Bonchev–Trinajstić information content (AvgIpc) is 3.18. The number of carbonyl (C=O) groups is 2. The van der Waals surface area contributed by atoms with E-state index in [0.717, 1.165) is 36.1 Å². The van der Waals surface area contributed by atoms with E-state index in [1.54, 1.807) is 4.90 Å². The predicted molar refractivity (Wildman–Crippen MR) is 96.9 cm³/mol. The van der Waals surface area contributed by atoms with Gasteiger partial charge in [0.25, 0.3) is 0 Å². The monoisotopic (exact) mass is 342 g/mol. The molecule has 0 aliphatic heterocycles. The van der Waals surface area contributed by atoms with Crippen LogP contribution in [-0.4, -0.2) is 46.8 Å². The largest absolute Gasteiger partial charge is 0.355 e. The summed E-state index contributed by atoms with van der Waals surface area (Å²) in [5, 5.41) is 2.86. The molecular formula is C19H26N4O2. The third-order valence-electron chi connectivity index (χ3n) is 4.86. The molecule has 0 unspecified atom stereocenters. The van der Waals surface area contributed by atoms with Gasteiger partial charge in [0.1, 0.15) is 5.82 Å². The van der Waals surface area contributed by atoms with Crippen molar-refractivity contribution in [3.63, 3.8) is 0 Å². The molecule has 1 aromatic carbocycles. The lowest BCUT2D eigenvalue weighted by Crippen LogP contribution is -2.33. The Morgan fingerprint density at radius 3 is 2.84 bits per heavy atom. The molecule has 1 saturated carbocycles. The highest BCUT2D eigenvalue weighted by Crippen LogP contribution is 2.37. The van der Waals surface area contributed by atoms with Gasteiger partial charge in [0.05, 0.1) is 11.0 Å². The maximum absolute atomic E-state index is 12.1. The van der Waals surface area contributed by atoms with Crippen molar-refractivity contribution in [3.8, 4) is 0 Å². The van der Waals surface area contributed by atoms with E-state index in [4.69, 9.17) is 0 Å². The molecule has 1 heterocycles. The first-order chi connectivity index (χ1) is 12.0. The van der Waals surface area contributed by atoms with Gasteiger partial charge in [0.2, 0.25) is 11.8 Å². The summed E-state index contributed by atoms with van der Waals surface area (Å²) in [4.78, 5) is 33.4. The van der Waals surface area contributed by atoms with Gasteiger partial charge in [-0.2, -0.15) is 0 Å². The van der Waals surface area contributed by atoms with Gasteiger partial charge in [0, 0.05) is 38.9 Å². The van der Waals surface area contributed by atoms with Crippen molar-refractivity contribution in [1.29, 1.82) is 0 Å². The van der Waals surface area contributed by atoms with Crippen LogP contribution in [-0.2, 0) is 16.0 Å². The summed E-state index contributed by atoms with van der Waals surface area (Å²) in [6.45, 7) is 3.18. The molecule has 1 aliphatic carbocycles. The van der Waals surface area contributed by atoms with Crippen LogP contribution in [0.25, 0.3) is 11.0 Å². The first kappa shape index (κ1) is 17.5. The second kappa shape index (κ2) is 7.68. The summed E-state index contributed by atoms with van der Waals surface area (Å²) < 4.78 is 0. The highest BCUT2D eigenvalue weighted by atomic mass is 16.2. The number of benzene rings is 1. The molecule has 2 aromatic rings. The van der Waals surface area contributed by atoms with Crippen molar-refractivity contribution >= 4 is 22.8 Å². The standard InChI is InChI=1S/C19H26N4O2/c1-13-12-14(13)19(25)20-10-9-18(24)23(2)11-5-8-17-21-15-6-3-4-7-16(15)22-17/h3-4,6-7,13-14H,5,8-12H2,1-2H3,(H,20,25)(H,21,22)/t13-,14-/m1/s1. The highest BCUT2D eigenvalue weighted by molar-refractivity contribution is 5.82. The minimum Gasteiger partial charge on any atom is -0.355 e. The number of aryl methyl sites for hydroxylation is 1. The van der Waals surface area contributed by atoms with E-state index in [9.17, 15) is 9.59 Å². The number of nitrogens with one attached hydrogen (secondary N) is 2. The molecule has 0 radical (unpaired) electrons. The number of para-hydroxylation sites is 2. The Balaban J connectivity index is 1.34. The first-order valence-electron chi connectivity index (χ1n) is 9.00. The third kappa shape index (κ3) is 4.59. The second-order valence-corrected chi connectivity index (χ2v) is 6.98. The van der Waals surface area contributed by atoms with E-state index < -0.39 is 0 Å². The van der Waals surface area contributed by atoms with Gasteiger partial charge in [-0.1, -0.05) is 19.1 Å². The van der Waals surface area contributed by atoms with Crippen molar-refractivity contribution < 1.29 is 9.59 Å². The summed E-state index contributed by atoms with van der Waals surface area (Å²) in [6, 6.07) is 7.96. The molecule has 2 atom stereocenters. The van der Waals surface area contributed by atoms with Gasteiger partial charge < -0.3 is 15.2 Å². The summed E-state index contributed by atoms with van der Waals surface area (Å²) in [5.74, 6) is 1.77. The Kier molecular flexibility index (Phi) is 5.36.